The van der Waals surface area contributed by atoms with Gasteiger partial charge in [0.25, 0.3) is 5.92 Å². The minimum absolute atomic E-state index is 0.202. The molecule has 1 aliphatic heterocycles. The van der Waals surface area contributed by atoms with Crippen molar-refractivity contribution in [3.05, 3.63) is 0 Å². The highest BCUT2D eigenvalue weighted by molar-refractivity contribution is 14.1. The molecule has 1 rings (SSSR count). The van der Waals surface area contributed by atoms with Crippen molar-refractivity contribution in [1.82, 2.24) is 4.90 Å². The third kappa shape index (κ3) is 1.56. The molecule has 0 N–H and O–H groups in total. The van der Waals surface area contributed by atoms with Gasteiger partial charge in [-0.3, -0.25) is 4.79 Å². The summed E-state index contributed by atoms with van der Waals surface area (Å²) < 4.78 is 24.5. The predicted octanol–water partition coefficient (Wildman–Crippen LogP) is 0.899. The fraction of sp³-hybridized carbons (Fsp3) is 0.800. The molecule has 0 aliphatic carbocycles. The van der Waals surface area contributed by atoms with Gasteiger partial charge in [0.2, 0.25) is 5.91 Å². The quantitative estimate of drug-likeness (QED) is 0.507. The van der Waals surface area contributed by atoms with Crippen molar-refractivity contribution in [1.29, 1.82) is 0 Å². The molecule has 1 heterocycles. The van der Waals surface area contributed by atoms with E-state index in [0.29, 0.717) is 0 Å². The molecule has 5 heteroatoms. The maximum Gasteiger partial charge on any atom is 0.282 e. The Hall–Kier alpha value is 0.0600. The molecule has 0 saturated carbocycles. The number of alkyl halides is 3. The highest BCUT2D eigenvalue weighted by atomic mass is 127. The lowest BCUT2D eigenvalue weighted by molar-refractivity contribution is -0.162. The van der Waals surface area contributed by atoms with Crippen molar-refractivity contribution < 1.29 is 13.6 Å². The summed E-state index contributed by atoms with van der Waals surface area (Å²) in [5.41, 5.74) is 0. The van der Waals surface area contributed by atoms with Crippen molar-refractivity contribution in [3.63, 3.8) is 0 Å². The van der Waals surface area contributed by atoms with E-state index in [0.717, 1.165) is 4.90 Å². The summed E-state index contributed by atoms with van der Waals surface area (Å²) >= 11 is 1.86. The smallest absolute Gasteiger partial charge is 0.282 e. The van der Waals surface area contributed by atoms with E-state index in [4.69, 9.17) is 0 Å². The Kier molecular flexibility index (Phi) is 2.12. The molecule has 2 nitrogen and oxygen atoms in total. The van der Waals surface area contributed by atoms with Gasteiger partial charge in [-0.25, -0.2) is 8.78 Å². The second-order valence-corrected chi connectivity index (χ2v) is 3.00. The fourth-order valence-corrected chi connectivity index (χ4v) is 1.26. The molecule has 1 amide bonds. The lowest BCUT2D eigenvalue weighted by atomic mass is 10.1. The average molecular weight is 261 g/mol. The molecule has 0 aromatic carbocycles. The zero-order chi connectivity index (χ0) is 7.78. The lowest BCUT2D eigenvalue weighted by Crippen LogP contribution is -2.58. The number of hydrogen-bond acceptors (Lipinski definition) is 1. The van der Waals surface area contributed by atoms with E-state index in [-0.39, 0.29) is 10.3 Å². The summed E-state index contributed by atoms with van der Waals surface area (Å²) in [6, 6.07) is 0. The van der Waals surface area contributed by atoms with Gasteiger partial charge in [-0.2, -0.15) is 0 Å². The molecule has 0 radical (unpaired) electrons. The van der Waals surface area contributed by atoms with Crippen LogP contribution in [-0.4, -0.2) is 34.2 Å². The van der Waals surface area contributed by atoms with Gasteiger partial charge in [-0.15, -0.1) is 0 Å². The van der Waals surface area contributed by atoms with Crippen molar-refractivity contribution in [2.45, 2.75) is 5.92 Å². The van der Waals surface area contributed by atoms with Gasteiger partial charge in [-0.1, -0.05) is 22.6 Å². The summed E-state index contributed by atoms with van der Waals surface area (Å²) in [7, 11) is 0. The third-order valence-electron chi connectivity index (χ3n) is 1.31. The number of nitrogens with zero attached hydrogens (tertiary/aromatic N) is 1. The molecule has 0 spiro atoms. The van der Waals surface area contributed by atoms with Gasteiger partial charge in [0.1, 0.15) is 0 Å². The van der Waals surface area contributed by atoms with E-state index < -0.39 is 19.0 Å². The highest BCUT2D eigenvalue weighted by Crippen LogP contribution is 2.26. The number of rotatable bonds is 1. The van der Waals surface area contributed by atoms with Crippen LogP contribution in [0.15, 0.2) is 0 Å². The van der Waals surface area contributed by atoms with Gasteiger partial charge in [0.05, 0.1) is 17.5 Å². The molecular formula is C5H6F2INO. The molecule has 0 aromatic heterocycles. The summed E-state index contributed by atoms with van der Waals surface area (Å²) in [5.74, 6) is -2.83. The van der Waals surface area contributed by atoms with E-state index in [9.17, 15) is 13.6 Å². The molecule has 0 unspecified atom stereocenters. The highest BCUT2D eigenvalue weighted by Gasteiger charge is 2.45. The molecular weight excluding hydrogens is 255 g/mol. The molecule has 1 saturated heterocycles. The Morgan fingerprint density at radius 1 is 1.60 bits per heavy atom. The normalized spacial score (nSPS) is 22.1. The zero-order valence-electron chi connectivity index (χ0n) is 5.11. The topological polar surface area (TPSA) is 20.3 Å². The van der Waals surface area contributed by atoms with Crippen LogP contribution in [0, 0.1) is 0 Å². The van der Waals surface area contributed by atoms with Gasteiger partial charge >= 0.3 is 0 Å². The minimum Gasteiger partial charge on any atom is -0.330 e. The van der Waals surface area contributed by atoms with Crippen LogP contribution >= 0.6 is 22.6 Å². The molecule has 1 aliphatic rings. The van der Waals surface area contributed by atoms with Crippen LogP contribution in [0.1, 0.15) is 0 Å². The maximum absolute atomic E-state index is 12.1. The Morgan fingerprint density at radius 3 is 2.40 bits per heavy atom. The van der Waals surface area contributed by atoms with Crippen LogP contribution in [0.4, 0.5) is 8.78 Å². The van der Waals surface area contributed by atoms with Gasteiger partial charge in [0.15, 0.2) is 0 Å². The molecule has 1 fully saturated rings. The van der Waals surface area contributed by atoms with Crippen LogP contribution in [0.25, 0.3) is 0 Å². The maximum atomic E-state index is 12.1. The van der Waals surface area contributed by atoms with Gasteiger partial charge in [0, 0.05) is 0 Å². The summed E-state index contributed by atoms with van der Waals surface area (Å²) in [4.78, 5) is 11.8. The van der Waals surface area contributed by atoms with Crippen LogP contribution in [0.3, 0.4) is 0 Å². The monoisotopic (exact) mass is 261 g/mol. The third-order valence-corrected chi connectivity index (χ3v) is 1.96. The SMILES string of the molecule is O=C(CI)N1CC(F)(F)C1. The number of hydrogen-bond donors (Lipinski definition) is 0. The largest absolute Gasteiger partial charge is 0.330 e. The molecule has 10 heavy (non-hydrogen) atoms. The number of likely N-dealkylation sites (tertiary alicyclic amines) is 1. The minimum atomic E-state index is -2.62. The predicted molar refractivity (Wildman–Crippen MR) is 40.4 cm³/mol. The van der Waals surface area contributed by atoms with Crippen LogP contribution in [0.5, 0.6) is 0 Å². The Bertz CT molecular complexity index is 154. The van der Waals surface area contributed by atoms with Crippen LogP contribution in [0.2, 0.25) is 0 Å². The summed E-state index contributed by atoms with van der Waals surface area (Å²) in [6.45, 7) is -0.788. The number of carbonyl (C=O) groups excluding carboxylic acids is 1. The number of amides is 1. The summed E-state index contributed by atoms with van der Waals surface area (Å²) in [6.07, 6.45) is 0. The lowest BCUT2D eigenvalue weighted by Gasteiger charge is -2.38. The van der Waals surface area contributed by atoms with E-state index in [1.165, 1.54) is 0 Å². The van der Waals surface area contributed by atoms with Crippen molar-refractivity contribution in [2.75, 3.05) is 17.5 Å². The van der Waals surface area contributed by atoms with Crippen LogP contribution < -0.4 is 0 Å². The Balaban J connectivity index is 2.33. The van der Waals surface area contributed by atoms with E-state index in [1.807, 2.05) is 22.6 Å². The molecule has 58 valence electrons. The number of halogens is 3. The van der Waals surface area contributed by atoms with Crippen LogP contribution in [-0.2, 0) is 4.79 Å². The first-order chi connectivity index (χ1) is 4.55. The van der Waals surface area contributed by atoms with E-state index in [1.54, 1.807) is 0 Å². The van der Waals surface area contributed by atoms with Crippen molar-refractivity contribution in [2.24, 2.45) is 0 Å². The Labute approximate surface area is 70.7 Å². The first-order valence-corrected chi connectivity index (χ1v) is 4.29. The second kappa shape index (κ2) is 2.60. The van der Waals surface area contributed by atoms with Gasteiger partial charge < -0.3 is 4.90 Å². The zero-order valence-corrected chi connectivity index (χ0v) is 7.27. The van der Waals surface area contributed by atoms with Crippen molar-refractivity contribution >= 4 is 28.5 Å². The molecule has 0 bridgehead atoms. The standard InChI is InChI=1S/C5H6F2INO/c6-5(7)2-9(3-5)4(10)1-8/h1-3H2. The van der Waals surface area contributed by atoms with E-state index in [2.05, 4.69) is 0 Å². The molecule has 0 atom stereocenters. The average Bonchev–Trinajstić information content (AvgIpc) is 1.81. The Morgan fingerprint density at radius 2 is 2.10 bits per heavy atom. The van der Waals surface area contributed by atoms with Crippen molar-refractivity contribution in [3.8, 4) is 0 Å². The first-order valence-electron chi connectivity index (χ1n) is 2.77. The summed E-state index contributed by atoms with van der Waals surface area (Å²) in [5, 5.41) is 0. The first kappa shape index (κ1) is 8.16. The molecule has 0 aromatic rings. The fourth-order valence-electron chi connectivity index (χ4n) is 0.773. The van der Waals surface area contributed by atoms with Gasteiger partial charge in [-0.05, 0) is 0 Å². The number of carbonyl (C=O) groups is 1. The van der Waals surface area contributed by atoms with E-state index >= 15 is 0 Å². The second-order valence-electron chi connectivity index (χ2n) is 2.24.